The number of aliphatic hydroxyl groups excluding tert-OH is 1. The van der Waals surface area contributed by atoms with Gasteiger partial charge in [-0.25, -0.2) is 8.42 Å². The molecule has 1 aromatic carbocycles. The standard InChI is InChI=1S/C12H28NO.C7H8O3S/c1-4-6-8-10-13(3,12-14)11-9-7-5-2;1-6-2-4-7(5-3-6)11(8,9)10/h14H,4-12H2,1-3H3;2-5H,1H3,(H,8,9,10)/q+1;/p-1. The summed E-state index contributed by atoms with van der Waals surface area (Å²) in [7, 11) is -2.10. The van der Waals surface area contributed by atoms with Gasteiger partial charge < -0.3 is 14.1 Å². The minimum Gasteiger partial charge on any atom is -0.744 e. The maximum Gasteiger partial charge on any atom is 0.180 e. The minimum absolute atomic E-state index is 0.178. The normalized spacial score (nSPS) is 11.8. The summed E-state index contributed by atoms with van der Waals surface area (Å²) in [6, 6.07) is 5.78. The van der Waals surface area contributed by atoms with Crippen molar-refractivity contribution in [2.75, 3.05) is 26.9 Å². The summed E-state index contributed by atoms with van der Waals surface area (Å²) in [6.45, 7) is 8.83. The van der Waals surface area contributed by atoms with Crippen molar-refractivity contribution in [1.29, 1.82) is 0 Å². The lowest BCUT2D eigenvalue weighted by atomic mass is 10.2. The zero-order chi connectivity index (χ0) is 19.3. The Hall–Kier alpha value is -0.950. The van der Waals surface area contributed by atoms with Crippen LogP contribution in [0.4, 0.5) is 0 Å². The molecule has 0 atom stereocenters. The fourth-order valence-corrected chi connectivity index (χ4v) is 2.91. The van der Waals surface area contributed by atoms with Crippen LogP contribution < -0.4 is 0 Å². The first kappa shape index (κ1) is 24.1. The lowest BCUT2D eigenvalue weighted by Gasteiger charge is -2.32. The van der Waals surface area contributed by atoms with Gasteiger partial charge in [0.15, 0.2) is 6.73 Å². The SMILES string of the molecule is CCCCC[N+](C)(CO)CCCCC.Cc1ccc(S(=O)(=O)[O-])cc1. The summed E-state index contributed by atoms with van der Waals surface area (Å²) < 4.78 is 32.0. The van der Waals surface area contributed by atoms with Gasteiger partial charge in [0.05, 0.1) is 25.0 Å². The van der Waals surface area contributed by atoms with E-state index in [0.29, 0.717) is 6.73 Å². The number of aryl methyl sites for hydroxylation is 1. The largest absolute Gasteiger partial charge is 0.744 e. The van der Waals surface area contributed by atoms with Gasteiger partial charge in [-0.05, 0) is 44.7 Å². The quantitative estimate of drug-likeness (QED) is 0.294. The molecule has 146 valence electrons. The van der Waals surface area contributed by atoms with Crippen molar-refractivity contribution in [2.45, 2.75) is 64.2 Å². The van der Waals surface area contributed by atoms with Crippen molar-refractivity contribution in [1.82, 2.24) is 0 Å². The molecule has 6 heteroatoms. The number of hydrogen-bond acceptors (Lipinski definition) is 4. The highest BCUT2D eigenvalue weighted by molar-refractivity contribution is 7.85. The maximum atomic E-state index is 10.4. The Kier molecular flexibility index (Phi) is 11.9. The van der Waals surface area contributed by atoms with Gasteiger partial charge in [-0.1, -0.05) is 44.4 Å². The van der Waals surface area contributed by atoms with E-state index < -0.39 is 10.1 Å². The van der Waals surface area contributed by atoms with Crippen molar-refractivity contribution in [3.8, 4) is 0 Å². The Bertz CT molecular complexity index is 545. The number of unbranched alkanes of at least 4 members (excludes halogenated alkanes) is 4. The van der Waals surface area contributed by atoms with Crippen molar-refractivity contribution >= 4 is 10.1 Å². The molecule has 1 aromatic rings. The Labute approximate surface area is 154 Å². The first-order chi connectivity index (χ1) is 11.7. The molecule has 0 bridgehead atoms. The molecule has 0 aromatic heterocycles. The molecular formula is C19H35NO4S. The van der Waals surface area contributed by atoms with E-state index in [1.54, 1.807) is 12.1 Å². The average molecular weight is 374 g/mol. The summed E-state index contributed by atoms with van der Waals surface area (Å²) in [5.41, 5.74) is 0.928. The topological polar surface area (TPSA) is 77.4 Å². The van der Waals surface area contributed by atoms with E-state index in [-0.39, 0.29) is 4.90 Å². The number of nitrogens with zero attached hydrogens (tertiary/aromatic N) is 1. The van der Waals surface area contributed by atoms with Crippen LogP contribution in [0.15, 0.2) is 29.2 Å². The summed E-state index contributed by atoms with van der Waals surface area (Å²) in [6.07, 6.45) is 7.61. The fraction of sp³-hybridized carbons (Fsp3) is 0.684. The first-order valence-corrected chi connectivity index (χ1v) is 10.6. The van der Waals surface area contributed by atoms with Crippen LogP contribution in [-0.4, -0.2) is 49.4 Å². The summed E-state index contributed by atoms with van der Waals surface area (Å²) >= 11 is 0. The molecule has 0 saturated carbocycles. The molecule has 0 amide bonds. The Balaban J connectivity index is 0.000000472. The van der Waals surface area contributed by atoms with Crippen LogP contribution in [0.5, 0.6) is 0 Å². The Morgan fingerprint density at radius 1 is 0.960 bits per heavy atom. The van der Waals surface area contributed by atoms with Crippen molar-refractivity contribution in [3.63, 3.8) is 0 Å². The van der Waals surface area contributed by atoms with Gasteiger partial charge in [0.2, 0.25) is 0 Å². The minimum atomic E-state index is -4.27. The second kappa shape index (κ2) is 12.4. The highest BCUT2D eigenvalue weighted by Gasteiger charge is 2.18. The first-order valence-electron chi connectivity index (χ1n) is 9.15. The molecule has 0 radical (unpaired) electrons. The number of quaternary nitrogens is 1. The summed E-state index contributed by atoms with van der Waals surface area (Å²) in [5.74, 6) is 0. The summed E-state index contributed by atoms with van der Waals surface area (Å²) in [5, 5.41) is 9.36. The Morgan fingerprint density at radius 2 is 1.40 bits per heavy atom. The lowest BCUT2D eigenvalue weighted by molar-refractivity contribution is -0.927. The van der Waals surface area contributed by atoms with Crippen LogP contribution in [0, 0.1) is 6.92 Å². The Morgan fingerprint density at radius 3 is 1.72 bits per heavy atom. The number of benzene rings is 1. The highest BCUT2D eigenvalue weighted by Crippen LogP contribution is 2.09. The highest BCUT2D eigenvalue weighted by atomic mass is 32.2. The molecule has 1 rings (SSSR count). The lowest BCUT2D eigenvalue weighted by Crippen LogP contribution is -2.46. The molecule has 0 unspecified atom stereocenters. The third-order valence-electron chi connectivity index (χ3n) is 4.25. The van der Waals surface area contributed by atoms with E-state index >= 15 is 0 Å². The fourth-order valence-electron chi connectivity index (χ4n) is 2.45. The van der Waals surface area contributed by atoms with Gasteiger partial charge in [-0.3, -0.25) is 0 Å². The average Bonchev–Trinajstić information content (AvgIpc) is 2.55. The van der Waals surface area contributed by atoms with Gasteiger partial charge in [-0.15, -0.1) is 0 Å². The maximum absolute atomic E-state index is 10.4. The molecular weight excluding hydrogens is 338 g/mol. The molecule has 0 aliphatic rings. The molecule has 25 heavy (non-hydrogen) atoms. The van der Waals surface area contributed by atoms with Crippen LogP contribution in [0.3, 0.4) is 0 Å². The molecule has 1 N–H and O–H groups in total. The second-order valence-corrected chi connectivity index (χ2v) is 8.27. The van der Waals surface area contributed by atoms with Gasteiger partial charge in [0.1, 0.15) is 10.1 Å². The number of hydrogen-bond donors (Lipinski definition) is 1. The smallest absolute Gasteiger partial charge is 0.180 e. The van der Waals surface area contributed by atoms with Crippen molar-refractivity contribution in [2.24, 2.45) is 0 Å². The zero-order valence-electron chi connectivity index (χ0n) is 16.2. The molecule has 5 nitrogen and oxygen atoms in total. The van der Waals surface area contributed by atoms with Gasteiger partial charge in [0, 0.05) is 0 Å². The van der Waals surface area contributed by atoms with Crippen molar-refractivity contribution in [3.05, 3.63) is 29.8 Å². The van der Waals surface area contributed by atoms with Crippen LogP contribution in [0.1, 0.15) is 57.9 Å². The molecule has 0 saturated heterocycles. The van der Waals surface area contributed by atoms with E-state index in [9.17, 15) is 18.1 Å². The van der Waals surface area contributed by atoms with E-state index in [1.807, 2.05) is 6.92 Å². The third-order valence-corrected chi connectivity index (χ3v) is 5.10. The van der Waals surface area contributed by atoms with E-state index in [2.05, 4.69) is 20.9 Å². The molecule has 0 aliphatic heterocycles. The third kappa shape index (κ3) is 11.3. The molecule has 0 fully saturated rings. The second-order valence-electron chi connectivity index (χ2n) is 6.89. The summed E-state index contributed by atoms with van der Waals surface area (Å²) in [4.78, 5) is -0.178. The monoisotopic (exact) mass is 373 g/mol. The van der Waals surface area contributed by atoms with Gasteiger partial charge >= 0.3 is 0 Å². The number of rotatable bonds is 10. The van der Waals surface area contributed by atoms with E-state index in [1.165, 1.54) is 50.7 Å². The molecule has 0 spiro atoms. The predicted octanol–water partition coefficient (Wildman–Crippen LogP) is 3.66. The van der Waals surface area contributed by atoms with E-state index in [4.69, 9.17) is 0 Å². The van der Waals surface area contributed by atoms with Crippen LogP contribution >= 0.6 is 0 Å². The van der Waals surface area contributed by atoms with Crippen LogP contribution in [-0.2, 0) is 10.1 Å². The number of aliphatic hydroxyl groups is 1. The predicted molar refractivity (Wildman–Crippen MR) is 101 cm³/mol. The van der Waals surface area contributed by atoms with Crippen molar-refractivity contribution < 1.29 is 22.6 Å². The van der Waals surface area contributed by atoms with Gasteiger partial charge in [-0.2, -0.15) is 0 Å². The van der Waals surface area contributed by atoms with E-state index in [0.717, 1.165) is 23.1 Å². The van der Waals surface area contributed by atoms with Crippen LogP contribution in [0.25, 0.3) is 0 Å². The molecule has 0 aliphatic carbocycles. The zero-order valence-corrected chi connectivity index (χ0v) is 17.0. The van der Waals surface area contributed by atoms with Gasteiger partial charge in [0.25, 0.3) is 0 Å². The van der Waals surface area contributed by atoms with Crippen LogP contribution in [0.2, 0.25) is 0 Å². The molecule has 0 heterocycles.